The van der Waals surface area contributed by atoms with E-state index in [2.05, 4.69) is 12.2 Å². The average molecular weight is 388 g/mol. The molecule has 1 amide bonds. The first kappa shape index (κ1) is 20.1. The summed E-state index contributed by atoms with van der Waals surface area (Å²) >= 11 is 0. The Morgan fingerprint density at radius 2 is 1.79 bits per heavy atom. The summed E-state index contributed by atoms with van der Waals surface area (Å²) in [5, 5.41) is 11.8. The molecule has 0 unspecified atom stereocenters. The second-order valence-corrected chi connectivity index (χ2v) is 6.58. The van der Waals surface area contributed by atoms with Crippen molar-refractivity contribution in [2.24, 2.45) is 0 Å². The zero-order chi connectivity index (χ0) is 20.6. The number of nitrogens with one attached hydrogen (secondary N) is 1. The second kappa shape index (κ2) is 9.52. The Morgan fingerprint density at radius 1 is 1.07 bits per heavy atom. The molecule has 0 aliphatic rings. The quantitative estimate of drug-likeness (QED) is 0.646. The van der Waals surface area contributed by atoms with Gasteiger partial charge >= 0.3 is 0 Å². The number of rotatable bonds is 7. The van der Waals surface area contributed by atoms with Gasteiger partial charge in [-0.1, -0.05) is 43.3 Å². The van der Waals surface area contributed by atoms with Crippen LogP contribution in [0.25, 0.3) is 0 Å². The van der Waals surface area contributed by atoms with Crippen molar-refractivity contribution in [1.82, 2.24) is 5.32 Å². The fourth-order valence-corrected chi connectivity index (χ4v) is 2.97. The molecule has 1 atom stereocenters. The summed E-state index contributed by atoms with van der Waals surface area (Å²) in [5.41, 5.74) is 3.21. The number of benzene rings is 3. The molecule has 0 saturated carbocycles. The van der Waals surface area contributed by atoms with Crippen LogP contribution in [0, 0.1) is 17.1 Å². The van der Waals surface area contributed by atoms with Crippen molar-refractivity contribution < 1.29 is 13.9 Å². The van der Waals surface area contributed by atoms with E-state index in [4.69, 9.17) is 10.00 Å². The topological polar surface area (TPSA) is 62.1 Å². The number of nitrogens with zero attached hydrogens (tertiary/aromatic N) is 1. The Hall–Kier alpha value is -3.65. The van der Waals surface area contributed by atoms with Gasteiger partial charge in [0.1, 0.15) is 11.6 Å². The van der Waals surface area contributed by atoms with Crippen molar-refractivity contribution in [1.29, 1.82) is 5.26 Å². The van der Waals surface area contributed by atoms with Gasteiger partial charge in [-0.05, 0) is 59.5 Å². The summed E-state index contributed by atoms with van der Waals surface area (Å²) in [7, 11) is 0. The number of carbonyl (C=O) groups is 1. The highest BCUT2D eigenvalue weighted by atomic mass is 19.1. The summed E-state index contributed by atoms with van der Waals surface area (Å²) in [5.74, 6) is -0.197. The van der Waals surface area contributed by atoms with Gasteiger partial charge in [-0.25, -0.2) is 4.39 Å². The predicted octanol–water partition coefficient (Wildman–Crippen LogP) is 4.54. The average Bonchev–Trinajstić information content (AvgIpc) is 2.76. The van der Waals surface area contributed by atoms with E-state index in [0.29, 0.717) is 16.9 Å². The Kier molecular flexibility index (Phi) is 6.59. The predicted molar refractivity (Wildman–Crippen MR) is 109 cm³/mol. The molecule has 0 saturated heterocycles. The number of hydrogen-bond acceptors (Lipinski definition) is 3. The normalized spacial score (nSPS) is 11.3. The molecule has 3 aromatic rings. The maximum Gasteiger partial charge on any atom is 0.258 e. The summed E-state index contributed by atoms with van der Waals surface area (Å²) in [6.07, 6.45) is 0.912. The molecule has 146 valence electrons. The molecular weight excluding hydrogens is 367 g/mol. The van der Waals surface area contributed by atoms with Crippen LogP contribution in [0.2, 0.25) is 0 Å². The standard InChI is InChI=1S/C24H21FN2O2/c1-2-17-6-10-19(11-7-17)24(20-4-3-5-21(25)14-20)27-23(28)16-29-22-12-8-18(15-26)9-13-22/h3-14,24H,2,16H2,1H3,(H,27,28)/t24-/m1/s1. The van der Waals surface area contributed by atoms with Crippen LogP contribution >= 0.6 is 0 Å². The highest BCUT2D eigenvalue weighted by Gasteiger charge is 2.18. The lowest BCUT2D eigenvalue weighted by Crippen LogP contribution is -2.33. The minimum Gasteiger partial charge on any atom is -0.484 e. The molecule has 0 radical (unpaired) electrons. The Bertz CT molecular complexity index is 1010. The fourth-order valence-electron chi connectivity index (χ4n) is 2.97. The zero-order valence-electron chi connectivity index (χ0n) is 16.1. The molecule has 3 aromatic carbocycles. The van der Waals surface area contributed by atoms with E-state index in [1.165, 1.54) is 17.7 Å². The van der Waals surface area contributed by atoms with Gasteiger partial charge in [0.05, 0.1) is 17.7 Å². The number of carbonyl (C=O) groups excluding carboxylic acids is 1. The number of halogens is 1. The van der Waals surface area contributed by atoms with Crippen molar-refractivity contribution in [3.63, 3.8) is 0 Å². The van der Waals surface area contributed by atoms with Gasteiger partial charge in [0.25, 0.3) is 5.91 Å². The molecule has 0 aliphatic carbocycles. The Morgan fingerprint density at radius 3 is 2.41 bits per heavy atom. The molecule has 5 heteroatoms. The number of nitriles is 1. The van der Waals surface area contributed by atoms with Crippen LogP contribution in [0.1, 0.15) is 35.2 Å². The van der Waals surface area contributed by atoms with E-state index in [0.717, 1.165) is 12.0 Å². The highest BCUT2D eigenvalue weighted by Crippen LogP contribution is 2.23. The Balaban J connectivity index is 1.74. The zero-order valence-corrected chi connectivity index (χ0v) is 16.1. The third-order valence-corrected chi connectivity index (χ3v) is 4.56. The minimum atomic E-state index is -0.492. The Labute approximate surface area is 169 Å². The molecule has 29 heavy (non-hydrogen) atoms. The molecule has 1 N–H and O–H groups in total. The van der Waals surface area contributed by atoms with E-state index in [-0.39, 0.29) is 18.3 Å². The third kappa shape index (κ3) is 5.43. The first-order chi connectivity index (χ1) is 14.1. The van der Waals surface area contributed by atoms with Crippen LogP contribution in [0.5, 0.6) is 5.75 Å². The number of aryl methyl sites for hydroxylation is 1. The van der Waals surface area contributed by atoms with Gasteiger partial charge in [0.2, 0.25) is 0 Å². The number of ether oxygens (including phenoxy) is 1. The molecular formula is C24H21FN2O2. The van der Waals surface area contributed by atoms with Gasteiger partial charge < -0.3 is 10.1 Å². The summed E-state index contributed by atoms with van der Waals surface area (Å²) < 4.78 is 19.3. The van der Waals surface area contributed by atoms with Gasteiger partial charge in [-0.2, -0.15) is 5.26 Å². The van der Waals surface area contributed by atoms with Crippen LogP contribution in [-0.2, 0) is 11.2 Å². The van der Waals surface area contributed by atoms with E-state index in [9.17, 15) is 9.18 Å². The SMILES string of the molecule is CCc1ccc([C@@H](NC(=O)COc2ccc(C#N)cc2)c2cccc(F)c2)cc1. The van der Waals surface area contributed by atoms with Crippen LogP contribution in [0.15, 0.2) is 72.8 Å². The molecule has 0 bridgehead atoms. The van der Waals surface area contributed by atoms with Gasteiger partial charge in [0, 0.05) is 0 Å². The maximum absolute atomic E-state index is 13.8. The third-order valence-electron chi connectivity index (χ3n) is 4.56. The highest BCUT2D eigenvalue weighted by molar-refractivity contribution is 5.78. The molecule has 3 rings (SSSR count). The molecule has 0 heterocycles. The van der Waals surface area contributed by atoms with Crippen LogP contribution in [0.3, 0.4) is 0 Å². The summed E-state index contributed by atoms with van der Waals surface area (Å²) in [4.78, 5) is 12.5. The smallest absolute Gasteiger partial charge is 0.258 e. The summed E-state index contributed by atoms with van der Waals surface area (Å²) in [6, 6.07) is 22.1. The molecule has 0 aliphatic heterocycles. The fraction of sp³-hybridized carbons (Fsp3) is 0.167. The number of amides is 1. The maximum atomic E-state index is 13.8. The molecule has 4 nitrogen and oxygen atoms in total. The van der Waals surface area contributed by atoms with Gasteiger partial charge in [-0.15, -0.1) is 0 Å². The van der Waals surface area contributed by atoms with Gasteiger partial charge in [0.15, 0.2) is 6.61 Å². The second-order valence-electron chi connectivity index (χ2n) is 6.58. The van der Waals surface area contributed by atoms with Gasteiger partial charge in [-0.3, -0.25) is 4.79 Å². The lowest BCUT2D eigenvalue weighted by Gasteiger charge is -2.20. The lowest BCUT2D eigenvalue weighted by atomic mass is 9.97. The lowest BCUT2D eigenvalue weighted by molar-refractivity contribution is -0.123. The molecule has 0 aromatic heterocycles. The van der Waals surface area contributed by atoms with Crippen molar-refractivity contribution in [3.8, 4) is 11.8 Å². The van der Waals surface area contributed by atoms with Crippen LogP contribution in [-0.4, -0.2) is 12.5 Å². The van der Waals surface area contributed by atoms with Crippen molar-refractivity contribution in [3.05, 3.63) is 101 Å². The van der Waals surface area contributed by atoms with Crippen molar-refractivity contribution in [2.45, 2.75) is 19.4 Å². The molecule has 0 spiro atoms. The monoisotopic (exact) mass is 388 g/mol. The summed E-state index contributed by atoms with van der Waals surface area (Å²) in [6.45, 7) is 1.88. The minimum absolute atomic E-state index is 0.190. The number of hydrogen-bond donors (Lipinski definition) is 1. The van der Waals surface area contributed by atoms with Crippen LogP contribution < -0.4 is 10.1 Å². The van der Waals surface area contributed by atoms with E-state index in [1.54, 1.807) is 36.4 Å². The van der Waals surface area contributed by atoms with Crippen molar-refractivity contribution >= 4 is 5.91 Å². The molecule has 0 fully saturated rings. The van der Waals surface area contributed by atoms with E-state index < -0.39 is 6.04 Å². The largest absolute Gasteiger partial charge is 0.484 e. The van der Waals surface area contributed by atoms with E-state index >= 15 is 0 Å². The first-order valence-corrected chi connectivity index (χ1v) is 9.35. The van der Waals surface area contributed by atoms with Crippen molar-refractivity contribution in [2.75, 3.05) is 6.61 Å². The van der Waals surface area contributed by atoms with E-state index in [1.807, 2.05) is 30.3 Å². The van der Waals surface area contributed by atoms with Crippen LogP contribution in [0.4, 0.5) is 4.39 Å². The first-order valence-electron chi connectivity index (χ1n) is 9.35.